The maximum atomic E-state index is 12.8. The number of carbonyl (C=O) groups excluding carboxylic acids is 1. The third-order valence-corrected chi connectivity index (χ3v) is 5.66. The fraction of sp³-hybridized carbons (Fsp3) is 0.381. The van der Waals surface area contributed by atoms with Crippen molar-refractivity contribution in [2.45, 2.75) is 19.1 Å². The van der Waals surface area contributed by atoms with Crippen molar-refractivity contribution in [2.75, 3.05) is 32.8 Å². The van der Waals surface area contributed by atoms with Gasteiger partial charge in [-0.25, -0.2) is 0 Å². The lowest BCUT2D eigenvalue weighted by Gasteiger charge is -2.39. The van der Waals surface area contributed by atoms with Crippen LogP contribution in [0.4, 0.5) is 0 Å². The van der Waals surface area contributed by atoms with Gasteiger partial charge in [-0.1, -0.05) is 41.9 Å². The van der Waals surface area contributed by atoms with Crippen LogP contribution in [0.25, 0.3) is 0 Å². The molecule has 1 amide bonds. The SMILES string of the molecule is CC(c1ccccc1Cl)N1CCN(C(=O)C2COc3ccccc3O2)CC1. The van der Waals surface area contributed by atoms with Crippen molar-refractivity contribution in [1.82, 2.24) is 9.80 Å². The second-order valence-electron chi connectivity index (χ2n) is 6.92. The maximum Gasteiger partial charge on any atom is 0.267 e. The number of ether oxygens (including phenoxy) is 2. The van der Waals surface area contributed by atoms with Gasteiger partial charge in [0.2, 0.25) is 6.10 Å². The minimum absolute atomic E-state index is 0.00505. The Morgan fingerprint density at radius 1 is 1.04 bits per heavy atom. The first kappa shape index (κ1) is 18.1. The molecular weight excluding hydrogens is 364 g/mol. The van der Waals surface area contributed by atoms with Crippen LogP contribution in [0.1, 0.15) is 18.5 Å². The number of benzene rings is 2. The minimum Gasteiger partial charge on any atom is -0.485 e. The highest BCUT2D eigenvalue weighted by Crippen LogP contribution is 2.32. The van der Waals surface area contributed by atoms with E-state index in [1.807, 2.05) is 47.4 Å². The third-order valence-electron chi connectivity index (χ3n) is 5.31. The monoisotopic (exact) mass is 386 g/mol. The Labute approximate surface area is 164 Å². The molecule has 0 radical (unpaired) electrons. The van der Waals surface area contributed by atoms with E-state index in [4.69, 9.17) is 21.1 Å². The summed E-state index contributed by atoms with van der Waals surface area (Å²) in [6, 6.07) is 15.6. The molecule has 2 aromatic carbocycles. The molecule has 142 valence electrons. The second kappa shape index (κ2) is 7.79. The Hall–Kier alpha value is -2.24. The molecule has 0 spiro atoms. The standard InChI is InChI=1S/C21H23ClN2O3/c1-15(16-6-2-3-7-17(16)22)23-10-12-24(13-11-23)21(25)20-14-26-18-8-4-5-9-19(18)27-20/h2-9,15,20H,10-14H2,1H3. The van der Waals surface area contributed by atoms with Gasteiger partial charge in [-0.3, -0.25) is 9.69 Å². The number of nitrogens with zero attached hydrogens (tertiary/aromatic N) is 2. The molecule has 1 fully saturated rings. The number of amides is 1. The molecule has 0 aliphatic carbocycles. The van der Waals surface area contributed by atoms with Crippen LogP contribution in [0.15, 0.2) is 48.5 Å². The molecule has 5 nitrogen and oxygen atoms in total. The van der Waals surface area contributed by atoms with Crippen LogP contribution in [0.3, 0.4) is 0 Å². The van der Waals surface area contributed by atoms with Gasteiger partial charge in [0.25, 0.3) is 5.91 Å². The number of halogens is 1. The van der Waals surface area contributed by atoms with Crippen LogP contribution in [-0.4, -0.2) is 54.6 Å². The maximum absolute atomic E-state index is 12.8. The van der Waals surface area contributed by atoms with Crippen LogP contribution in [0.2, 0.25) is 5.02 Å². The lowest BCUT2D eigenvalue weighted by atomic mass is 10.1. The number of rotatable bonds is 3. The van der Waals surface area contributed by atoms with Gasteiger partial charge >= 0.3 is 0 Å². The van der Waals surface area contributed by atoms with Crippen LogP contribution in [0.5, 0.6) is 11.5 Å². The predicted molar refractivity (Wildman–Crippen MR) is 104 cm³/mol. The van der Waals surface area contributed by atoms with Crippen LogP contribution in [-0.2, 0) is 4.79 Å². The summed E-state index contributed by atoms with van der Waals surface area (Å²) in [5.74, 6) is 1.32. The largest absolute Gasteiger partial charge is 0.485 e. The van der Waals surface area contributed by atoms with Crippen LogP contribution in [0, 0.1) is 0 Å². The smallest absolute Gasteiger partial charge is 0.267 e. The Balaban J connectivity index is 1.35. The zero-order chi connectivity index (χ0) is 18.8. The summed E-state index contributed by atoms with van der Waals surface area (Å²) in [6.07, 6.45) is -0.576. The average Bonchev–Trinajstić information content (AvgIpc) is 2.73. The first-order chi connectivity index (χ1) is 13.1. The molecule has 2 aliphatic heterocycles. The van der Waals surface area contributed by atoms with Gasteiger partial charge in [-0.15, -0.1) is 0 Å². The normalized spacial score (nSPS) is 21.0. The van der Waals surface area contributed by atoms with E-state index in [0.717, 1.165) is 23.7 Å². The molecule has 1 saturated heterocycles. The van der Waals surface area contributed by atoms with E-state index in [1.165, 1.54) is 0 Å². The quantitative estimate of drug-likeness (QED) is 0.811. The molecule has 27 heavy (non-hydrogen) atoms. The summed E-state index contributed by atoms with van der Waals surface area (Å²) in [5.41, 5.74) is 1.12. The van der Waals surface area contributed by atoms with E-state index in [1.54, 1.807) is 0 Å². The molecule has 2 aromatic rings. The zero-order valence-corrected chi connectivity index (χ0v) is 16.1. The molecular formula is C21H23ClN2O3. The van der Waals surface area contributed by atoms with Crippen molar-refractivity contribution in [3.8, 4) is 11.5 Å². The molecule has 4 rings (SSSR count). The van der Waals surface area contributed by atoms with Gasteiger partial charge in [0.15, 0.2) is 11.5 Å². The number of piperazine rings is 1. The van der Waals surface area contributed by atoms with Gasteiger partial charge < -0.3 is 14.4 Å². The van der Waals surface area contributed by atoms with Crippen LogP contribution < -0.4 is 9.47 Å². The predicted octanol–water partition coefficient (Wildman–Crippen LogP) is 3.39. The average molecular weight is 387 g/mol. The molecule has 0 aromatic heterocycles. The fourth-order valence-corrected chi connectivity index (χ4v) is 3.98. The van der Waals surface area contributed by atoms with Crippen molar-refractivity contribution in [3.05, 3.63) is 59.1 Å². The summed E-state index contributed by atoms with van der Waals surface area (Å²) in [6.45, 7) is 5.38. The molecule has 0 saturated carbocycles. The van der Waals surface area contributed by atoms with Crippen molar-refractivity contribution < 1.29 is 14.3 Å². The van der Waals surface area contributed by atoms with Gasteiger partial charge in [-0.2, -0.15) is 0 Å². The van der Waals surface area contributed by atoms with E-state index >= 15 is 0 Å². The minimum atomic E-state index is -0.576. The number of fused-ring (bicyclic) bond motifs is 1. The van der Waals surface area contributed by atoms with Crippen molar-refractivity contribution in [2.24, 2.45) is 0 Å². The van der Waals surface area contributed by atoms with Crippen molar-refractivity contribution in [3.63, 3.8) is 0 Å². The van der Waals surface area contributed by atoms with E-state index in [9.17, 15) is 4.79 Å². The first-order valence-corrected chi connectivity index (χ1v) is 9.67. The van der Waals surface area contributed by atoms with Crippen molar-refractivity contribution >= 4 is 17.5 Å². The van der Waals surface area contributed by atoms with Gasteiger partial charge in [0, 0.05) is 37.2 Å². The van der Waals surface area contributed by atoms with Gasteiger partial charge in [0.05, 0.1) is 0 Å². The summed E-state index contributed by atoms with van der Waals surface area (Å²) in [7, 11) is 0. The molecule has 6 heteroatoms. The third kappa shape index (κ3) is 3.75. The molecule has 0 bridgehead atoms. The molecule has 2 aliphatic rings. The summed E-state index contributed by atoms with van der Waals surface area (Å²) in [4.78, 5) is 17.1. The molecule has 0 N–H and O–H groups in total. The Morgan fingerprint density at radius 3 is 2.44 bits per heavy atom. The molecule has 2 heterocycles. The Bertz CT molecular complexity index is 821. The first-order valence-electron chi connectivity index (χ1n) is 9.29. The highest BCUT2D eigenvalue weighted by Gasteiger charge is 2.33. The number of para-hydroxylation sites is 2. The van der Waals surface area contributed by atoms with E-state index in [2.05, 4.69) is 17.9 Å². The van der Waals surface area contributed by atoms with E-state index < -0.39 is 6.10 Å². The second-order valence-corrected chi connectivity index (χ2v) is 7.33. The van der Waals surface area contributed by atoms with E-state index in [-0.39, 0.29) is 18.6 Å². The highest BCUT2D eigenvalue weighted by molar-refractivity contribution is 6.31. The summed E-state index contributed by atoms with van der Waals surface area (Å²) < 4.78 is 11.5. The highest BCUT2D eigenvalue weighted by atomic mass is 35.5. The van der Waals surface area contributed by atoms with E-state index in [0.29, 0.717) is 24.6 Å². The van der Waals surface area contributed by atoms with Gasteiger partial charge in [-0.05, 0) is 30.7 Å². The number of hydrogen-bond donors (Lipinski definition) is 0. The van der Waals surface area contributed by atoms with Crippen molar-refractivity contribution in [1.29, 1.82) is 0 Å². The zero-order valence-electron chi connectivity index (χ0n) is 15.3. The fourth-order valence-electron chi connectivity index (χ4n) is 3.69. The summed E-state index contributed by atoms with van der Waals surface area (Å²) in [5, 5.41) is 0.787. The summed E-state index contributed by atoms with van der Waals surface area (Å²) >= 11 is 6.34. The molecule has 2 atom stereocenters. The Kier molecular flexibility index (Phi) is 5.23. The lowest BCUT2D eigenvalue weighted by Crippen LogP contribution is -2.54. The van der Waals surface area contributed by atoms with Gasteiger partial charge in [0.1, 0.15) is 6.61 Å². The topological polar surface area (TPSA) is 42.0 Å². The number of hydrogen-bond acceptors (Lipinski definition) is 4. The number of carbonyl (C=O) groups is 1. The van der Waals surface area contributed by atoms with Crippen LogP contribution >= 0.6 is 11.6 Å². The lowest BCUT2D eigenvalue weighted by molar-refractivity contribution is -0.143. The Morgan fingerprint density at radius 2 is 1.70 bits per heavy atom. The molecule has 2 unspecified atom stereocenters.